The van der Waals surface area contributed by atoms with E-state index in [9.17, 15) is 4.79 Å². The highest BCUT2D eigenvalue weighted by Crippen LogP contribution is 2.33. The monoisotopic (exact) mass is 280 g/mol. The first-order valence-electron chi connectivity index (χ1n) is 6.03. The molecule has 2 aromatic rings. The number of hydrogen-bond acceptors (Lipinski definition) is 3. The first-order valence-corrected chi connectivity index (χ1v) is 7.63. The smallest absolute Gasteiger partial charge is 0.339 e. The zero-order chi connectivity index (χ0) is 12.7. The quantitative estimate of drug-likeness (QED) is 0.583. The van der Waals surface area contributed by atoms with E-state index in [0.717, 1.165) is 52.1 Å². The summed E-state index contributed by atoms with van der Waals surface area (Å²) in [5.41, 5.74) is 2.48. The van der Waals surface area contributed by atoms with Crippen molar-refractivity contribution in [1.29, 1.82) is 0 Å². The molecular formula is C14H13ClO2S. The fourth-order valence-corrected chi connectivity index (χ4v) is 3.47. The Morgan fingerprint density at radius 2 is 1.94 bits per heavy atom. The first kappa shape index (κ1) is 12.1. The summed E-state index contributed by atoms with van der Waals surface area (Å²) in [5, 5.41) is 1.74. The lowest BCUT2D eigenvalue weighted by atomic mass is 9.91. The minimum Gasteiger partial charge on any atom is -0.422 e. The van der Waals surface area contributed by atoms with Gasteiger partial charge in [-0.05, 0) is 49.6 Å². The fourth-order valence-electron chi connectivity index (χ4n) is 2.60. The lowest BCUT2D eigenvalue weighted by Gasteiger charge is -2.16. The molecule has 4 heteroatoms. The lowest BCUT2D eigenvalue weighted by Crippen LogP contribution is -2.15. The molecule has 0 fully saturated rings. The normalized spacial score (nSPS) is 14.8. The van der Waals surface area contributed by atoms with Gasteiger partial charge in [-0.3, -0.25) is 0 Å². The van der Waals surface area contributed by atoms with E-state index in [-0.39, 0.29) is 5.63 Å². The summed E-state index contributed by atoms with van der Waals surface area (Å²) in [6.45, 7) is 0. The highest BCUT2D eigenvalue weighted by Gasteiger charge is 2.18. The molecule has 94 valence electrons. The number of hydrogen-bond donors (Lipinski definition) is 0. The number of thioether (sulfide) groups is 1. The Labute approximate surface area is 114 Å². The molecule has 0 atom stereocenters. The average molecular weight is 281 g/mol. The molecule has 0 amide bonds. The van der Waals surface area contributed by atoms with Crippen molar-refractivity contribution in [2.75, 3.05) is 6.26 Å². The Kier molecular flexibility index (Phi) is 3.12. The molecule has 1 aliphatic carbocycles. The summed E-state index contributed by atoms with van der Waals surface area (Å²) in [6, 6.07) is 3.81. The summed E-state index contributed by atoms with van der Waals surface area (Å²) < 4.78 is 5.43. The summed E-state index contributed by atoms with van der Waals surface area (Å²) in [7, 11) is 0. The van der Waals surface area contributed by atoms with Crippen molar-refractivity contribution in [2.45, 2.75) is 30.6 Å². The number of benzene rings is 1. The summed E-state index contributed by atoms with van der Waals surface area (Å²) in [4.78, 5) is 12.9. The van der Waals surface area contributed by atoms with Crippen LogP contribution in [-0.2, 0) is 12.8 Å². The molecule has 0 spiro atoms. The number of rotatable bonds is 1. The van der Waals surface area contributed by atoms with Crippen LogP contribution in [0.15, 0.2) is 26.2 Å². The topological polar surface area (TPSA) is 30.2 Å². The van der Waals surface area contributed by atoms with Crippen molar-refractivity contribution in [3.8, 4) is 0 Å². The van der Waals surface area contributed by atoms with Crippen molar-refractivity contribution in [1.82, 2.24) is 0 Å². The van der Waals surface area contributed by atoms with Crippen molar-refractivity contribution >= 4 is 34.3 Å². The Morgan fingerprint density at radius 1 is 1.22 bits per heavy atom. The molecule has 1 aromatic heterocycles. The Balaban J connectivity index is 2.38. The van der Waals surface area contributed by atoms with E-state index < -0.39 is 0 Å². The highest BCUT2D eigenvalue weighted by atomic mass is 35.5. The van der Waals surface area contributed by atoms with E-state index in [4.69, 9.17) is 16.0 Å². The molecule has 0 N–H and O–H groups in total. The van der Waals surface area contributed by atoms with E-state index in [2.05, 4.69) is 0 Å². The molecule has 0 radical (unpaired) electrons. The second-order valence-corrected chi connectivity index (χ2v) is 5.79. The van der Waals surface area contributed by atoms with Gasteiger partial charge >= 0.3 is 5.63 Å². The van der Waals surface area contributed by atoms with Crippen molar-refractivity contribution in [2.24, 2.45) is 0 Å². The van der Waals surface area contributed by atoms with E-state index in [1.165, 1.54) is 0 Å². The van der Waals surface area contributed by atoms with Crippen molar-refractivity contribution in [3.05, 3.63) is 38.7 Å². The maximum atomic E-state index is 12.0. The molecule has 1 heterocycles. The van der Waals surface area contributed by atoms with Crippen molar-refractivity contribution < 1.29 is 4.42 Å². The molecule has 0 bridgehead atoms. The van der Waals surface area contributed by atoms with Gasteiger partial charge in [0.2, 0.25) is 0 Å². The Morgan fingerprint density at radius 3 is 2.67 bits per heavy atom. The largest absolute Gasteiger partial charge is 0.422 e. The average Bonchev–Trinajstić information content (AvgIpc) is 2.39. The maximum Gasteiger partial charge on any atom is 0.339 e. The standard InChI is InChI=1S/C14H13ClO2S/c1-18-13-7-12-10(6-11(13)15)8-4-2-3-5-9(8)14(16)17-12/h6-7H,2-5H2,1H3. The van der Waals surface area contributed by atoms with Gasteiger partial charge in [-0.2, -0.15) is 0 Å². The molecule has 1 aliphatic rings. The number of fused-ring (bicyclic) bond motifs is 3. The van der Waals surface area contributed by atoms with E-state index >= 15 is 0 Å². The first-order chi connectivity index (χ1) is 8.70. The molecule has 0 saturated carbocycles. The van der Waals surface area contributed by atoms with Gasteiger partial charge < -0.3 is 4.42 Å². The molecular weight excluding hydrogens is 268 g/mol. The van der Waals surface area contributed by atoms with E-state index in [0.29, 0.717) is 5.58 Å². The SMILES string of the molecule is CSc1cc2oc(=O)c3c(c2cc1Cl)CCCC3. The molecule has 3 rings (SSSR count). The molecule has 18 heavy (non-hydrogen) atoms. The van der Waals surface area contributed by atoms with Gasteiger partial charge in [-0.25, -0.2) is 4.79 Å². The van der Waals surface area contributed by atoms with E-state index in [1.807, 2.05) is 18.4 Å². The fraction of sp³-hybridized carbons (Fsp3) is 0.357. The Hall–Kier alpha value is -0.930. The summed E-state index contributed by atoms with van der Waals surface area (Å²) in [5.74, 6) is 0. The van der Waals surface area contributed by atoms with Gasteiger partial charge in [-0.15, -0.1) is 11.8 Å². The zero-order valence-corrected chi connectivity index (χ0v) is 11.7. The van der Waals surface area contributed by atoms with Gasteiger partial charge in [0.25, 0.3) is 0 Å². The predicted octanol–water partition coefficient (Wildman–Crippen LogP) is 4.05. The van der Waals surface area contributed by atoms with Crippen LogP contribution in [0.2, 0.25) is 5.02 Å². The third kappa shape index (κ3) is 1.86. The van der Waals surface area contributed by atoms with Crippen LogP contribution in [0, 0.1) is 0 Å². The van der Waals surface area contributed by atoms with Crippen LogP contribution in [-0.4, -0.2) is 6.26 Å². The highest BCUT2D eigenvalue weighted by molar-refractivity contribution is 7.98. The number of aryl methyl sites for hydroxylation is 1. The molecule has 0 aliphatic heterocycles. The molecule has 1 aromatic carbocycles. The van der Waals surface area contributed by atoms with Gasteiger partial charge in [0.05, 0.1) is 5.02 Å². The van der Waals surface area contributed by atoms with Crippen LogP contribution in [0.5, 0.6) is 0 Å². The van der Waals surface area contributed by atoms with Gasteiger partial charge in [0.1, 0.15) is 5.58 Å². The van der Waals surface area contributed by atoms with Gasteiger partial charge in [0.15, 0.2) is 0 Å². The molecule has 0 saturated heterocycles. The van der Waals surface area contributed by atoms with Crippen LogP contribution in [0.25, 0.3) is 11.0 Å². The summed E-state index contributed by atoms with van der Waals surface area (Å²) in [6.07, 6.45) is 5.94. The van der Waals surface area contributed by atoms with Crippen molar-refractivity contribution in [3.63, 3.8) is 0 Å². The third-order valence-corrected chi connectivity index (χ3v) is 4.70. The number of halogens is 1. The maximum absolute atomic E-state index is 12.0. The van der Waals surface area contributed by atoms with Crippen LogP contribution < -0.4 is 5.63 Å². The molecule has 0 unspecified atom stereocenters. The van der Waals surface area contributed by atoms with E-state index in [1.54, 1.807) is 11.8 Å². The lowest BCUT2D eigenvalue weighted by molar-refractivity contribution is 0.533. The second-order valence-electron chi connectivity index (χ2n) is 4.54. The minimum absolute atomic E-state index is 0.174. The van der Waals surface area contributed by atoms with Gasteiger partial charge in [-0.1, -0.05) is 11.6 Å². The summed E-state index contributed by atoms with van der Waals surface area (Å²) >= 11 is 7.80. The zero-order valence-electron chi connectivity index (χ0n) is 10.1. The Bertz CT molecular complexity index is 676. The minimum atomic E-state index is -0.174. The van der Waals surface area contributed by atoms with Crippen LogP contribution >= 0.6 is 23.4 Å². The van der Waals surface area contributed by atoms with Crippen LogP contribution in [0.3, 0.4) is 0 Å². The predicted molar refractivity (Wildman–Crippen MR) is 75.9 cm³/mol. The third-order valence-electron chi connectivity index (χ3n) is 3.50. The van der Waals surface area contributed by atoms with Crippen LogP contribution in [0.1, 0.15) is 24.0 Å². The second kappa shape index (κ2) is 4.63. The van der Waals surface area contributed by atoms with Gasteiger partial charge in [0, 0.05) is 15.8 Å². The molecule has 2 nitrogen and oxygen atoms in total. The van der Waals surface area contributed by atoms with Crippen LogP contribution in [0.4, 0.5) is 0 Å².